The van der Waals surface area contributed by atoms with Crippen LogP contribution in [0.25, 0.3) is 0 Å². The van der Waals surface area contributed by atoms with Gasteiger partial charge >= 0.3 is 12.1 Å². The fourth-order valence-electron chi connectivity index (χ4n) is 1.80. The van der Waals surface area contributed by atoms with Crippen LogP contribution in [0.3, 0.4) is 0 Å². The van der Waals surface area contributed by atoms with Crippen molar-refractivity contribution < 1.29 is 31.9 Å². The minimum Gasteiger partial charge on any atom is -0.459 e. The van der Waals surface area contributed by atoms with E-state index in [1.807, 2.05) is 0 Å². The SMILES string of the molecule is C[C@H](NC(=O)c1ccco1)C(=O)OCc1ccc(C(F)(F)F)cc1. The lowest BCUT2D eigenvalue weighted by atomic mass is 10.1. The molecule has 1 amide bonds. The third-order valence-corrected chi connectivity index (χ3v) is 3.11. The summed E-state index contributed by atoms with van der Waals surface area (Å²) in [6.07, 6.45) is -3.09. The van der Waals surface area contributed by atoms with Gasteiger partial charge in [0.2, 0.25) is 0 Å². The molecule has 0 radical (unpaired) electrons. The number of carbonyl (C=O) groups is 2. The van der Waals surface area contributed by atoms with E-state index in [0.717, 1.165) is 12.1 Å². The van der Waals surface area contributed by atoms with E-state index in [1.165, 1.54) is 37.5 Å². The van der Waals surface area contributed by atoms with Gasteiger partial charge in [-0.05, 0) is 36.8 Å². The first-order chi connectivity index (χ1) is 11.3. The number of ether oxygens (including phenoxy) is 1. The van der Waals surface area contributed by atoms with Crippen LogP contribution in [0, 0.1) is 0 Å². The van der Waals surface area contributed by atoms with E-state index >= 15 is 0 Å². The Morgan fingerprint density at radius 3 is 2.42 bits per heavy atom. The van der Waals surface area contributed by atoms with Crippen LogP contribution in [0.1, 0.15) is 28.6 Å². The van der Waals surface area contributed by atoms with Gasteiger partial charge in [0, 0.05) is 0 Å². The highest BCUT2D eigenvalue weighted by Crippen LogP contribution is 2.29. The Labute approximate surface area is 135 Å². The normalized spacial score (nSPS) is 12.5. The van der Waals surface area contributed by atoms with Gasteiger partial charge in [-0.15, -0.1) is 0 Å². The van der Waals surface area contributed by atoms with Gasteiger partial charge in [-0.25, -0.2) is 4.79 Å². The Bertz CT molecular complexity index is 693. The van der Waals surface area contributed by atoms with Crippen LogP contribution in [-0.2, 0) is 22.3 Å². The summed E-state index contributed by atoms with van der Waals surface area (Å²) in [4.78, 5) is 23.5. The predicted molar refractivity (Wildman–Crippen MR) is 76.9 cm³/mol. The highest BCUT2D eigenvalue weighted by Gasteiger charge is 2.30. The Morgan fingerprint density at radius 1 is 1.21 bits per heavy atom. The summed E-state index contributed by atoms with van der Waals surface area (Å²) < 4.78 is 47.2. The molecule has 5 nitrogen and oxygen atoms in total. The monoisotopic (exact) mass is 341 g/mol. The van der Waals surface area contributed by atoms with E-state index in [0.29, 0.717) is 5.56 Å². The molecule has 2 aromatic rings. The standard InChI is InChI=1S/C16H14F3NO4/c1-10(20-14(21)13-3-2-8-23-13)15(22)24-9-11-4-6-12(7-5-11)16(17,18)19/h2-8,10H,9H2,1H3,(H,20,21)/t10-/m0/s1. The zero-order chi connectivity index (χ0) is 17.7. The van der Waals surface area contributed by atoms with E-state index in [4.69, 9.17) is 9.15 Å². The number of benzene rings is 1. The number of alkyl halides is 3. The van der Waals surface area contributed by atoms with Crippen molar-refractivity contribution in [1.29, 1.82) is 0 Å². The summed E-state index contributed by atoms with van der Waals surface area (Å²) in [6, 6.07) is 6.30. The van der Waals surface area contributed by atoms with Crippen molar-refractivity contribution in [1.82, 2.24) is 5.32 Å². The highest BCUT2D eigenvalue weighted by atomic mass is 19.4. The molecular formula is C16H14F3NO4. The average molecular weight is 341 g/mol. The van der Waals surface area contributed by atoms with Crippen molar-refractivity contribution in [3.63, 3.8) is 0 Å². The van der Waals surface area contributed by atoms with Gasteiger partial charge in [-0.2, -0.15) is 13.2 Å². The molecule has 0 unspecified atom stereocenters. The first-order valence-electron chi connectivity index (χ1n) is 6.94. The number of carbonyl (C=O) groups excluding carboxylic acids is 2. The van der Waals surface area contributed by atoms with E-state index in [2.05, 4.69) is 5.32 Å². The van der Waals surface area contributed by atoms with Gasteiger partial charge in [0.1, 0.15) is 12.6 Å². The van der Waals surface area contributed by atoms with Crippen LogP contribution in [0.2, 0.25) is 0 Å². The van der Waals surface area contributed by atoms with Crippen LogP contribution >= 0.6 is 0 Å². The highest BCUT2D eigenvalue weighted by molar-refractivity contribution is 5.94. The zero-order valence-electron chi connectivity index (χ0n) is 12.6. The molecule has 0 spiro atoms. The zero-order valence-corrected chi connectivity index (χ0v) is 12.6. The number of furan rings is 1. The maximum Gasteiger partial charge on any atom is 0.416 e. The molecule has 2 rings (SSSR count). The first kappa shape index (κ1) is 17.6. The van der Waals surface area contributed by atoms with E-state index in [-0.39, 0.29) is 12.4 Å². The third-order valence-electron chi connectivity index (χ3n) is 3.11. The molecule has 128 valence electrons. The number of hydrogen-bond donors (Lipinski definition) is 1. The van der Waals surface area contributed by atoms with Gasteiger partial charge in [-0.3, -0.25) is 4.79 Å². The van der Waals surface area contributed by atoms with E-state index in [1.54, 1.807) is 0 Å². The second-order valence-electron chi connectivity index (χ2n) is 4.97. The molecule has 0 aliphatic heterocycles. The lowest BCUT2D eigenvalue weighted by Crippen LogP contribution is -2.39. The van der Waals surface area contributed by atoms with Crippen molar-refractivity contribution in [2.75, 3.05) is 0 Å². The molecule has 0 aliphatic rings. The number of rotatable bonds is 5. The maximum atomic E-state index is 12.4. The second kappa shape index (κ2) is 7.20. The molecule has 0 saturated carbocycles. The Morgan fingerprint density at radius 2 is 1.88 bits per heavy atom. The van der Waals surface area contributed by atoms with Crippen LogP contribution in [-0.4, -0.2) is 17.9 Å². The second-order valence-corrected chi connectivity index (χ2v) is 4.97. The van der Waals surface area contributed by atoms with Gasteiger partial charge < -0.3 is 14.5 Å². The lowest BCUT2D eigenvalue weighted by Gasteiger charge is -2.13. The van der Waals surface area contributed by atoms with Crippen molar-refractivity contribution in [3.8, 4) is 0 Å². The molecule has 1 heterocycles. The summed E-state index contributed by atoms with van der Waals surface area (Å²) in [5, 5.41) is 2.39. The molecule has 0 saturated heterocycles. The summed E-state index contributed by atoms with van der Waals surface area (Å²) in [5.41, 5.74) is -0.377. The van der Waals surface area contributed by atoms with Crippen LogP contribution < -0.4 is 5.32 Å². The molecule has 0 fully saturated rings. The van der Waals surface area contributed by atoms with Crippen LogP contribution in [0.5, 0.6) is 0 Å². The number of hydrogen-bond acceptors (Lipinski definition) is 4. The summed E-state index contributed by atoms with van der Waals surface area (Å²) >= 11 is 0. The van der Waals surface area contributed by atoms with Gasteiger partial charge in [0.15, 0.2) is 5.76 Å². The minimum absolute atomic E-state index is 0.0531. The number of esters is 1. The molecule has 0 bridgehead atoms. The fraction of sp³-hybridized carbons (Fsp3) is 0.250. The third kappa shape index (κ3) is 4.61. The van der Waals surface area contributed by atoms with Crippen molar-refractivity contribution in [3.05, 3.63) is 59.5 Å². The molecule has 24 heavy (non-hydrogen) atoms. The number of nitrogens with one attached hydrogen (secondary N) is 1. The minimum atomic E-state index is -4.42. The molecule has 1 aromatic heterocycles. The fourth-order valence-corrected chi connectivity index (χ4v) is 1.80. The van der Waals surface area contributed by atoms with Gasteiger partial charge in [-0.1, -0.05) is 12.1 Å². The predicted octanol–water partition coefficient (Wildman–Crippen LogP) is 3.16. The summed E-state index contributed by atoms with van der Waals surface area (Å²) in [5.74, 6) is -1.23. The lowest BCUT2D eigenvalue weighted by molar-refractivity contribution is -0.147. The maximum absolute atomic E-state index is 12.4. The van der Waals surface area contributed by atoms with Crippen molar-refractivity contribution >= 4 is 11.9 Å². The summed E-state index contributed by atoms with van der Waals surface area (Å²) in [7, 11) is 0. The van der Waals surface area contributed by atoms with Crippen LogP contribution in [0.15, 0.2) is 47.1 Å². The quantitative estimate of drug-likeness (QED) is 0.848. The Balaban J connectivity index is 1.85. The molecular weight excluding hydrogens is 327 g/mol. The number of halogens is 3. The van der Waals surface area contributed by atoms with Gasteiger partial charge in [0.05, 0.1) is 11.8 Å². The summed E-state index contributed by atoms with van der Waals surface area (Å²) in [6.45, 7) is 1.23. The van der Waals surface area contributed by atoms with E-state index in [9.17, 15) is 22.8 Å². The van der Waals surface area contributed by atoms with Crippen molar-refractivity contribution in [2.24, 2.45) is 0 Å². The molecule has 8 heteroatoms. The molecule has 1 N–H and O–H groups in total. The van der Waals surface area contributed by atoms with E-state index < -0.39 is 29.7 Å². The van der Waals surface area contributed by atoms with Crippen molar-refractivity contribution in [2.45, 2.75) is 25.7 Å². The van der Waals surface area contributed by atoms with Crippen LogP contribution in [0.4, 0.5) is 13.2 Å². The largest absolute Gasteiger partial charge is 0.459 e. The van der Waals surface area contributed by atoms with Gasteiger partial charge in [0.25, 0.3) is 5.91 Å². The first-order valence-corrected chi connectivity index (χ1v) is 6.94. The smallest absolute Gasteiger partial charge is 0.416 e. The molecule has 1 atom stereocenters. The Hall–Kier alpha value is -2.77. The number of amides is 1. The topological polar surface area (TPSA) is 68.5 Å². The molecule has 0 aliphatic carbocycles. The Kier molecular flexibility index (Phi) is 5.28. The average Bonchev–Trinajstić information content (AvgIpc) is 3.06. The molecule has 1 aromatic carbocycles.